The summed E-state index contributed by atoms with van der Waals surface area (Å²) in [5, 5.41) is 0. The number of nitrogens with zero attached hydrogens (tertiary/aromatic N) is 2. The van der Waals surface area contributed by atoms with Gasteiger partial charge < -0.3 is 9.15 Å². The van der Waals surface area contributed by atoms with E-state index >= 15 is 0 Å². The third kappa shape index (κ3) is 3.15. The van der Waals surface area contributed by atoms with Gasteiger partial charge in [-0.05, 0) is 42.5 Å². The first-order chi connectivity index (χ1) is 12.3. The molecule has 0 unspecified atom stereocenters. The molecule has 0 fully saturated rings. The molecule has 0 saturated carbocycles. The first-order valence-electron chi connectivity index (χ1n) is 7.96. The van der Waals surface area contributed by atoms with Crippen LogP contribution in [-0.2, 0) is 0 Å². The molecule has 122 valence electrons. The van der Waals surface area contributed by atoms with Gasteiger partial charge in [-0.25, -0.2) is 9.97 Å². The van der Waals surface area contributed by atoms with E-state index in [9.17, 15) is 0 Å². The topological polar surface area (TPSA) is 48.2 Å². The number of benzene rings is 2. The van der Waals surface area contributed by atoms with Gasteiger partial charge in [-0.3, -0.25) is 0 Å². The summed E-state index contributed by atoms with van der Waals surface area (Å²) in [5.74, 6) is 2.17. The summed E-state index contributed by atoms with van der Waals surface area (Å²) in [6.45, 7) is 0. The fourth-order valence-electron chi connectivity index (χ4n) is 2.62. The summed E-state index contributed by atoms with van der Waals surface area (Å²) in [4.78, 5) is 9.43. The number of hydrogen-bond donors (Lipinski definition) is 0. The molecule has 0 atom stereocenters. The number of aromatic nitrogens is 2. The molecule has 0 aliphatic rings. The van der Waals surface area contributed by atoms with Crippen LogP contribution in [0.5, 0.6) is 5.75 Å². The van der Waals surface area contributed by atoms with Crippen LogP contribution in [0.1, 0.15) is 0 Å². The molecule has 0 amide bonds. The molecule has 0 bridgehead atoms. The Morgan fingerprint density at radius 3 is 2.20 bits per heavy atom. The van der Waals surface area contributed by atoms with Crippen LogP contribution in [0.25, 0.3) is 34.1 Å². The van der Waals surface area contributed by atoms with Crippen molar-refractivity contribution in [3.8, 4) is 39.8 Å². The number of methoxy groups -OCH3 is 1. The van der Waals surface area contributed by atoms with E-state index in [4.69, 9.17) is 14.1 Å². The molecule has 4 nitrogen and oxygen atoms in total. The summed E-state index contributed by atoms with van der Waals surface area (Å²) >= 11 is 0. The van der Waals surface area contributed by atoms with E-state index in [1.54, 1.807) is 13.4 Å². The third-order valence-corrected chi connectivity index (χ3v) is 3.92. The Kier molecular flexibility index (Phi) is 4.01. The van der Waals surface area contributed by atoms with Crippen molar-refractivity contribution in [2.24, 2.45) is 0 Å². The van der Waals surface area contributed by atoms with Gasteiger partial charge in [-0.15, -0.1) is 0 Å². The quantitative estimate of drug-likeness (QED) is 0.524. The maximum atomic E-state index is 5.53. The summed E-state index contributed by atoms with van der Waals surface area (Å²) in [7, 11) is 1.65. The molecule has 2 heterocycles. The van der Waals surface area contributed by atoms with E-state index in [2.05, 4.69) is 4.98 Å². The van der Waals surface area contributed by atoms with Crippen LogP contribution in [0, 0.1) is 0 Å². The van der Waals surface area contributed by atoms with Crippen LogP contribution in [0.2, 0.25) is 0 Å². The minimum Gasteiger partial charge on any atom is -0.497 e. The summed E-state index contributed by atoms with van der Waals surface area (Å²) in [6, 6.07) is 23.5. The SMILES string of the molecule is COc1ccc(-c2nc(-c3ccccc3)cc(-c3ccco3)n2)cc1. The predicted molar refractivity (Wildman–Crippen MR) is 97.2 cm³/mol. The molecule has 0 spiro atoms. The highest BCUT2D eigenvalue weighted by atomic mass is 16.5. The van der Waals surface area contributed by atoms with Crippen molar-refractivity contribution < 1.29 is 9.15 Å². The number of hydrogen-bond acceptors (Lipinski definition) is 4. The van der Waals surface area contributed by atoms with Gasteiger partial charge in [0.2, 0.25) is 0 Å². The van der Waals surface area contributed by atoms with Crippen LogP contribution < -0.4 is 4.74 Å². The lowest BCUT2D eigenvalue weighted by molar-refractivity contribution is 0.415. The van der Waals surface area contributed by atoms with Gasteiger partial charge in [0.25, 0.3) is 0 Å². The first kappa shape index (κ1) is 15.1. The summed E-state index contributed by atoms with van der Waals surface area (Å²) < 4.78 is 10.8. The van der Waals surface area contributed by atoms with Crippen LogP contribution >= 0.6 is 0 Å². The number of ether oxygens (including phenoxy) is 1. The van der Waals surface area contributed by atoms with E-state index in [1.807, 2.05) is 72.8 Å². The highest BCUT2D eigenvalue weighted by Crippen LogP contribution is 2.28. The fourth-order valence-corrected chi connectivity index (χ4v) is 2.62. The van der Waals surface area contributed by atoms with E-state index < -0.39 is 0 Å². The van der Waals surface area contributed by atoms with E-state index in [0.29, 0.717) is 11.6 Å². The molecule has 25 heavy (non-hydrogen) atoms. The van der Waals surface area contributed by atoms with Crippen LogP contribution in [0.4, 0.5) is 0 Å². The Balaban J connectivity index is 1.86. The van der Waals surface area contributed by atoms with Crippen molar-refractivity contribution in [2.75, 3.05) is 7.11 Å². The maximum Gasteiger partial charge on any atom is 0.160 e. The van der Waals surface area contributed by atoms with Gasteiger partial charge in [0.15, 0.2) is 11.6 Å². The molecular formula is C21H16N2O2. The lowest BCUT2D eigenvalue weighted by atomic mass is 10.1. The Morgan fingerprint density at radius 2 is 1.52 bits per heavy atom. The molecule has 2 aromatic carbocycles. The smallest absolute Gasteiger partial charge is 0.160 e. The van der Waals surface area contributed by atoms with Crippen LogP contribution in [0.3, 0.4) is 0 Å². The van der Waals surface area contributed by atoms with Crippen molar-refractivity contribution >= 4 is 0 Å². The molecule has 0 aliphatic heterocycles. The largest absolute Gasteiger partial charge is 0.497 e. The van der Waals surface area contributed by atoms with Gasteiger partial charge in [-0.1, -0.05) is 30.3 Å². The molecule has 4 rings (SSSR count). The predicted octanol–water partition coefficient (Wildman–Crippen LogP) is 5.08. The molecule has 0 saturated heterocycles. The van der Waals surface area contributed by atoms with Gasteiger partial charge in [0, 0.05) is 11.1 Å². The first-order valence-corrected chi connectivity index (χ1v) is 7.96. The van der Waals surface area contributed by atoms with Crippen LogP contribution in [0.15, 0.2) is 83.5 Å². The molecule has 2 aromatic heterocycles. The minimum atomic E-state index is 0.649. The Labute approximate surface area is 145 Å². The van der Waals surface area contributed by atoms with Crippen LogP contribution in [-0.4, -0.2) is 17.1 Å². The van der Waals surface area contributed by atoms with Gasteiger partial charge in [0.05, 0.1) is 19.1 Å². The average Bonchev–Trinajstić information content (AvgIpc) is 3.23. The molecule has 4 aromatic rings. The Morgan fingerprint density at radius 1 is 0.760 bits per heavy atom. The molecule has 4 heteroatoms. The van der Waals surface area contributed by atoms with Crippen molar-refractivity contribution in [3.05, 3.63) is 79.1 Å². The normalized spacial score (nSPS) is 10.6. The lowest BCUT2D eigenvalue weighted by Gasteiger charge is -2.08. The molecule has 0 radical (unpaired) electrons. The maximum absolute atomic E-state index is 5.53. The highest BCUT2D eigenvalue weighted by Gasteiger charge is 2.11. The molecule has 0 aliphatic carbocycles. The fraction of sp³-hybridized carbons (Fsp3) is 0.0476. The van der Waals surface area contributed by atoms with Gasteiger partial charge in [0.1, 0.15) is 11.4 Å². The second kappa shape index (κ2) is 6.61. The van der Waals surface area contributed by atoms with Crippen molar-refractivity contribution in [1.82, 2.24) is 9.97 Å². The average molecular weight is 328 g/mol. The zero-order valence-corrected chi connectivity index (χ0v) is 13.7. The van der Waals surface area contributed by atoms with E-state index in [1.165, 1.54) is 0 Å². The molecular weight excluding hydrogens is 312 g/mol. The standard InChI is InChI=1S/C21H16N2O2/c1-24-17-11-9-16(10-12-17)21-22-18(15-6-3-2-4-7-15)14-19(23-21)20-8-5-13-25-20/h2-14H,1H3. The third-order valence-electron chi connectivity index (χ3n) is 3.92. The second-order valence-electron chi connectivity index (χ2n) is 5.53. The minimum absolute atomic E-state index is 0.649. The monoisotopic (exact) mass is 328 g/mol. The Hall–Kier alpha value is -3.40. The van der Waals surface area contributed by atoms with Gasteiger partial charge in [-0.2, -0.15) is 0 Å². The number of rotatable bonds is 4. The Bertz CT molecular complexity index is 963. The highest BCUT2D eigenvalue weighted by molar-refractivity contribution is 5.69. The van der Waals surface area contributed by atoms with E-state index in [-0.39, 0.29) is 0 Å². The van der Waals surface area contributed by atoms with Crippen molar-refractivity contribution in [3.63, 3.8) is 0 Å². The summed E-state index contributed by atoms with van der Waals surface area (Å²) in [6.07, 6.45) is 1.65. The lowest BCUT2D eigenvalue weighted by Crippen LogP contribution is -1.95. The summed E-state index contributed by atoms with van der Waals surface area (Å²) in [5.41, 5.74) is 3.57. The van der Waals surface area contributed by atoms with Crippen molar-refractivity contribution in [1.29, 1.82) is 0 Å². The zero-order chi connectivity index (χ0) is 17.1. The zero-order valence-electron chi connectivity index (χ0n) is 13.7. The number of furan rings is 1. The van der Waals surface area contributed by atoms with Crippen molar-refractivity contribution in [2.45, 2.75) is 0 Å². The second-order valence-corrected chi connectivity index (χ2v) is 5.53. The van der Waals surface area contributed by atoms with E-state index in [0.717, 1.165) is 28.3 Å². The van der Waals surface area contributed by atoms with Gasteiger partial charge >= 0.3 is 0 Å². The molecule has 0 N–H and O–H groups in total.